The van der Waals surface area contributed by atoms with Crippen molar-refractivity contribution in [2.24, 2.45) is 5.92 Å². The van der Waals surface area contributed by atoms with Gasteiger partial charge in [0.15, 0.2) is 0 Å². The van der Waals surface area contributed by atoms with Crippen LogP contribution < -0.4 is 10.6 Å². The zero-order valence-electron chi connectivity index (χ0n) is 12.5. The molecule has 0 unspecified atom stereocenters. The van der Waals surface area contributed by atoms with Crippen molar-refractivity contribution < 1.29 is 4.79 Å². The normalized spacial score (nSPS) is 27.1. The average Bonchev–Trinajstić information content (AvgIpc) is 3.26. The van der Waals surface area contributed by atoms with Crippen LogP contribution in [0, 0.1) is 5.92 Å². The number of benzene rings is 1. The molecule has 3 rings (SSSR count). The molecule has 0 bridgehead atoms. The number of amides is 1. The molecule has 1 aromatic rings. The van der Waals surface area contributed by atoms with Crippen LogP contribution in [0.5, 0.6) is 0 Å². The van der Waals surface area contributed by atoms with Crippen molar-refractivity contribution in [3.8, 4) is 0 Å². The molecular weight excluding hydrogens is 328 g/mol. The molecule has 21 heavy (non-hydrogen) atoms. The Bertz CT molecular complexity index is 527. The van der Waals surface area contributed by atoms with E-state index < -0.39 is 0 Å². The second-order valence-corrected chi connectivity index (χ2v) is 7.41. The van der Waals surface area contributed by atoms with Gasteiger partial charge in [-0.25, -0.2) is 0 Å². The second-order valence-electron chi connectivity index (χ2n) is 6.55. The molecule has 1 aliphatic carbocycles. The third-order valence-electron chi connectivity index (χ3n) is 4.89. The number of rotatable bonds is 4. The maximum absolute atomic E-state index is 12.4. The van der Waals surface area contributed by atoms with Crippen molar-refractivity contribution in [2.45, 2.75) is 44.1 Å². The highest BCUT2D eigenvalue weighted by molar-refractivity contribution is 9.10. The summed E-state index contributed by atoms with van der Waals surface area (Å²) in [7, 11) is 0. The van der Waals surface area contributed by atoms with Gasteiger partial charge >= 0.3 is 0 Å². The van der Waals surface area contributed by atoms with Crippen molar-refractivity contribution in [3.63, 3.8) is 0 Å². The number of piperidine rings is 1. The number of hydrogen-bond acceptors (Lipinski definition) is 2. The molecule has 1 amide bonds. The van der Waals surface area contributed by atoms with Gasteiger partial charge in [0.05, 0.1) is 0 Å². The fourth-order valence-electron chi connectivity index (χ4n) is 3.35. The molecule has 1 aromatic carbocycles. The molecule has 0 spiro atoms. The highest BCUT2D eigenvalue weighted by Crippen LogP contribution is 2.49. The van der Waals surface area contributed by atoms with Gasteiger partial charge < -0.3 is 10.6 Å². The Kier molecular flexibility index (Phi) is 4.36. The lowest BCUT2D eigenvalue weighted by atomic mass is 9.91. The van der Waals surface area contributed by atoms with E-state index in [9.17, 15) is 4.79 Å². The summed E-state index contributed by atoms with van der Waals surface area (Å²) in [4.78, 5) is 12.4. The van der Waals surface area contributed by atoms with Crippen LogP contribution in [0.15, 0.2) is 28.7 Å². The van der Waals surface area contributed by atoms with Crippen LogP contribution in [0.2, 0.25) is 0 Å². The smallest absolute Gasteiger partial charge is 0.223 e. The summed E-state index contributed by atoms with van der Waals surface area (Å²) in [6.07, 6.45) is 4.24. The highest BCUT2D eigenvalue weighted by atomic mass is 79.9. The molecule has 3 nitrogen and oxygen atoms in total. The third-order valence-corrected chi connectivity index (χ3v) is 5.59. The van der Waals surface area contributed by atoms with Crippen molar-refractivity contribution in [1.82, 2.24) is 10.6 Å². The van der Waals surface area contributed by atoms with Crippen LogP contribution in [-0.4, -0.2) is 25.0 Å². The fraction of sp³-hybridized carbons (Fsp3) is 0.588. The molecule has 2 atom stereocenters. The van der Waals surface area contributed by atoms with Gasteiger partial charge in [-0.05, 0) is 50.8 Å². The Morgan fingerprint density at radius 1 is 1.43 bits per heavy atom. The standard InChI is InChI=1S/C17H23BrN2O/c1-12-10-13(6-9-19-12)16(21)20-11-17(7-8-17)14-4-2-3-5-15(14)18/h2-5,12-13,19H,6-11H2,1H3,(H,20,21)/t12-,13-/m0/s1. The van der Waals surface area contributed by atoms with E-state index >= 15 is 0 Å². The minimum Gasteiger partial charge on any atom is -0.355 e. The van der Waals surface area contributed by atoms with Gasteiger partial charge in [-0.1, -0.05) is 34.1 Å². The topological polar surface area (TPSA) is 41.1 Å². The molecule has 0 aromatic heterocycles. The van der Waals surface area contributed by atoms with Crippen molar-refractivity contribution in [1.29, 1.82) is 0 Å². The van der Waals surface area contributed by atoms with Gasteiger partial charge in [0.25, 0.3) is 0 Å². The molecule has 1 heterocycles. The summed E-state index contributed by atoms with van der Waals surface area (Å²) in [6, 6.07) is 8.84. The zero-order valence-corrected chi connectivity index (χ0v) is 14.1. The number of halogens is 1. The quantitative estimate of drug-likeness (QED) is 0.876. The van der Waals surface area contributed by atoms with Gasteiger partial charge in [-0.2, -0.15) is 0 Å². The minimum atomic E-state index is 0.161. The summed E-state index contributed by atoms with van der Waals surface area (Å²) in [5, 5.41) is 6.61. The van der Waals surface area contributed by atoms with E-state index in [0.29, 0.717) is 6.04 Å². The fourth-order valence-corrected chi connectivity index (χ4v) is 4.06. The predicted molar refractivity (Wildman–Crippen MR) is 88.3 cm³/mol. The molecule has 2 N–H and O–H groups in total. The Labute approximate surface area is 135 Å². The average molecular weight is 351 g/mol. The first-order valence-electron chi connectivity index (χ1n) is 7.87. The number of nitrogens with one attached hydrogen (secondary N) is 2. The summed E-state index contributed by atoms with van der Waals surface area (Å²) < 4.78 is 1.16. The van der Waals surface area contributed by atoms with Crippen molar-refractivity contribution in [3.05, 3.63) is 34.3 Å². The Morgan fingerprint density at radius 2 is 2.19 bits per heavy atom. The maximum atomic E-state index is 12.4. The van der Waals surface area contributed by atoms with Gasteiger partial charge in [-0.15, -0.1) is 0 Å². The third kappa shape index (κ3) is 3.32. The molecular formula is C17H23BrN2O. The van der Waals surface area contributed by atoms with Crippen LogP contribution in [0.3, 0.4) is 0 Å². The molecule has 2 fully saturated rings. The van der Waals surface area contributed by atoms with E-state index in [1.165, 1.54) is 18.4 Å². The van der Waals surface area contributed by atoms with Crippen molar-refractivity contribution >= 4 is 21.8 Å². The van der Waals surface area contributed by atoms with Gasteiger partial charge in [0.2, 0.25) is 5.91 Å². The lowest BCUT2D eigenvalue weighted by Gasteiger charge is -2.28. The minimum absolute atomic E-state index is 0.161. The predicted octanol–water partition coefficient (Wildman–Crippen LogP) is 2.99. The molecule has 114 valence electrons. The maximum Gasteiger partial charge on any atom is 0.223 e. The molecule has 1 saturated heterocycles. The van der Waals surface area contributed by atoms with E-state index in [1.54, 1.807) is 0 Å². The van der Waals surface area contributed by atoms with E-state index in [0.717, 1.165) is 30.4 Å². The van der Waals surface area contributed by atoms with Crippen LogP contribution in [0.1, 0.15) is 38.2 Å². The van der Waals surface area contributed by atoms with E-state index in [2.05, 4.69) is 51.7 Å². The first-order valence-corrected chi connectivity index (χ1v) is 8.66. The molecule has 2 aliphatic rings. The summed E-state index contributed by atoms with van der Waals surface area (Å²) >= 11 is 3.64. The first-order chi connectivity index (χ1) is 10.1. The Hall–Kier alpha value is -0.870. The summed E-state index contributed by atoms with van der Waals surface area (Å²) in [5.74, 6) is 0.415. The first kappa shape index (κ1) is 15.0. The monoisotopic (exact) mass is 350 g/mol. The number of carbonyl (C=O) groups excluding carboxylic acids is 1. The largest absolute Gasteiger partial charge is 0.355 e. The zero-order chi connectivity index (χ0) is 14.9. The van der Waals surface area contributed by atoms with Gasteiger partial charge in [0, 0.05) is 28.4 Å². The molecule has 0 radical (unpaired) electrons. The SMILES string of the molecule is C[C@H]1C[C@@H](C(=O)NCC2(c3ccccc3Br)CC2)CCN1. The van der Waals surface area contributed by atoms with Gasteiger partial charge in [0.1, 0.15) is 0 Å². The van der Waals surface area contributed by atoms with Crippen molar-refractivity contribution in [2.75, 3.05) is 13.1 Å². The van der Waals surface area contributed by atoms with E-state index in [1.807, 2.05) is 6.07 Å². The molecule has 1 aliphatic heterocycles. The van der Waals surface area contributed by atoms with Crippen LogP contribution in [0.25, 0.3) is 0 Å². The molecule has 1 saturated carbocycles. The number of hydrogen-bond donors (Lipinski definition) is 2. The van der Waals surface area contributed by atoms with Crippen LogP contribution >= 0.6 is 15.9 Å². The van der Waals surface area contributed by atoms with E-state index in [-0.39, 0.29) is 17.2 Å². The van der Waals surface area contributed by atoms with Crippen LogP contribution in [-0.2, 0) is 10.2 Å². The second kappa shape index (κ2) is 6.09. The summed E-state index contributed by atoms with van der Waals surface area (Å²) in [6.45, 7) is 3.88. The number of carbonyl (C=O) groups is 1. The summed E-state index contributed by atoms with van der Waals surface area (Å²) in [5.41, 5.74) is 1.50. The van der Waals surface area contributed by atoms with Gasteiger partial charge in [-0.3, -0.25) is 4.79 Å². The highest BCUT2D eigenvalue weighted by Gasteiger charge is 2.45. The lowest BCUT2D eigenvalue weighted by Crippen LogP contribution is -2.44. The molecule has 4 heteroatoms. The Balaban J connectivity index is 1.60. The van der Waals surface area contributed by atoms with Crippen LogP contribution in [0.4, 0.5) is 0 Å². The lowest BCUT2D eigenvalue weighted by molar-refractivity contribution is -0.126. The Morgan fingerprint density at radius 3 is 2.86 bits per heavy atom. The van der Waals surface area contributed by atoms with E-state index in [4.69, 9.17) is 0 Å².